The summed E-state index contributed by atoms with van der Waals surface area (Å²) in [6, 6.07) is 31.1. The number of carbonyl (C=O) groups excluding carboxylic acids is 1. The molecule has 0 unspecified atom stereocenters. The van der Waals surface area contributed by atoms with E-state index in [9.17, 15) is 29.5 Å². The van der Waals surface area contributed by atoms with Crippen molar-refractivity contribution in [2.24, 2.45) is 22.9 Å². The van der Waals surface area contributed by atoms with Crippen molar-refractivity contribution in [2.45, 2.75) is 82.5 Å². The molecular weight excluding hydrogens is 917 g/mol. The van der Waals surface area contributed by atoms with E-state index in [1.54, 1.807) is 47.4 Å². The van der Waals surface area contributed by atoms with Gasteiger partial charge in [-0.3, -0.25) is 15.0 Å². The Morgan fingerprint density at radius 2 is 1.69 bits per heavy atom. The monoisotopic (exact) mass is 975 g/mol. The summed E-state index contributed by atoms with van der Waals surface area (Å²) in [5.41, 5.74) is 4.06. The zero-order valence-corrected chi connectivity index (χ0v) is 39.8. The van der Waals surface area contributed by atoms with E-state index < -0.39 is 28.8 Å². The van der Waals surface area contributed by atoms with E-state index in [1.807, 2.05) is 54.6 Å². The first-order valence-corrected chi connectivity index (χ1v) is 24.5. The van der Waals surface area contributed by atoms with Gasteiger partial charge in [0.1, 0.15) is 43.2 Å². The average Bonchev–Trinajstić information content (AvgIpc) is 3.37. The number of alkyl halides is 1. The molecule has 2 N–H and O–H groups in total. The number of ether oxygens (including phenoxy) is 4. The van der Waals surface area contributed by atoms with Gasteiger partial charge in [-0.2, -0.15) is 0 Å². The van der Waals surface area contributed by atoms with Crippen molar-refractivity contribution in [1.29, 1.82) is 0 Å². The Balaban J connectivity index is 1.33. The standard InChI is InChI=1S/C55H59ClFN3O10/c1-2-29-68-55-51(59(54(63)66-30-26-56)34-40-16-11-15-38-12-3-5-17-44(38)40)33-49(58-69-35-37-20-22-42(23-21-37)60(64)65)46-31-39(13-7-9-27-61)45(18-8-10-28-62)52(53(46)55)47-32-43(24-25-50(47)70-55)67-36-41-14-4-6-19-48(41)57/h2-6,11-12,14-17,19-25,31-32,39,45,51-53,61-62H,1,7-10,13,18,26-30,33-36H2/t39-,45+,51-,52+,53+,55+/m0/s1. The minimum Gasteiger partial charge on any atom is -0.489 e. The highest BCUT2D eigenvalue weighted by atomic mass is 35.5. The van der Waals surface area contributed by atoms with Gasteiger partial charge in [0.05, 0.1) is 35.6 Å². The van der Waals surface area contributed by atoms with Crippen molar-refractivity contribution in [1.82, 2.24) is 4.90 Å². The number of benzene rings is 5. The summed E-state index contributed by atoms with van der Waals surface area (Å²) < 4.78 is 41.7. The van der Waals surface area contributed by atoms with Crippen molar-refractivity contribution in [3.8, 4) is 11.5 Å². The Kier molecular flexibility index (Phi) is 16.8. The van der Waals surface area contributed by atoms with Crippen LogP contribution in [0.4, 0.5) is 14.9 Å². The van der Waals surface area contributed by atoms with Gasteiger partial charge < -0.3 is 34.0 Å². The SMILES string of the molecule is C=CCO[C@@]12Oc3ccc(OCc4ccccc4F)cc3[C@H]3[C@H](CCCCO)[C@@H](CCCCO)C=C(C(=NOCc4ccc([N+](=O)[O-])cc4)C[C@@H]1N(Cc1cccc4ccccc14)C(=O)OCCCl)[C@H]32. The van der Waals surface area contributed by atoms with Gasteiger partial charge in [-0.25, -0.2) is 9.18 Å². The van der Waals surface area contributed by atoms with Crippen LogP contribution in [0.5, 0.6) is 11.5 Å². The number of rotatable bonds is 23. The third kappa shape index (κ3) is 11.0. The molecule has 0 aromatic heterocycles. The van der Waals surface area contributed by atoms with Crippen LogP contribution in [0.1, 0.15) is 73.1 Å². The lowest BCUT2D eigenvalue weighted by molar-refractivity contribution is -0.384. The molecule has 0 spiro atoms. The van der Waals surface area contributed by atoms with Crippen molar-refractivity contribution < 1.29 is 48.1 Å². The van der Waals surface area contributed by atoms with Crippen molar-refractivity contribution in [3.63, 3.8) is 0 Å². The molecule has 5 aromatic rings. The maximum Gasteiger partial charge on any atom is 0.410 e. The molecule has 1 heterocycles. The summed E-state index contributed by atoms with van der Waals surface area (Å²) in [7, 11) is 0. The lowest BCUT2D eigenvalue weighted by Gasteiger charge is -2.59. The van der Waals surface area contributed by atoms with E-state index in [1.165, 1.54) is 18.2 Å². The number of aliphatic hydroxyl groups is 2. The molecule has 6 atom stereocenters. The minimum absolute atomic E-state index is 0.00508. The fourth-order valence-corrected chi connectivity index (χ4v) is 10.6. The van der Waals surface area contributed by atoms with Crippen LogP contribution < -0.4 is 9.47 Å². The molecule has 368 valence electrons. The van der Waals surface area contributed by atoms with Gasteiger partial charge in [0.25, 0.3) is 5.69 Å². The largest absolute Gasteiger partial charge is 0.489 e. The normalized spacial score (nSPS) is 21.7. The molecule has 0 radical (unpaired) electrons. The van der Waals surface area contributed by atoms with Crippen molar-refractivity contribution >= 4 is 39.9 Å². The number of fused-ring (bicyclic) bond motifs is 3. The predicted molar refractivity (Wildman–Crippen MR) is 265 cm³/mol. The van der Waals surface area contributed by atoms with Gasteiger partial charge in [-0.1, -0.05) is 90.8 Å². The highest BCUT2D eigenvalue weighted by molar-refractivity contribution is 6.18. The summed E-state index contributed by atoms with van der Waals surface area (Å²) in [5.74, 6) is -2.03. The second-order valence-corrected chi connectivity index (χ2v) is 18.3. The molecule has 70 heavy (non-hydrogen) atoms. The van der Waals surface area contributed by atoms with Crippen LogP contribution in [-0.4, -0.2) is 76.0 Å². The smallest absolute Gasteiger partial charge is 0.410 e. The number of aliphatic hydroxyl groups excluding tert-OH is 2. The van der Waals surface area contributed by atoms with Crippen LogP contribution in [0.3, 0.4) is 0 Å². The van der Waals surface area contributed by atoms with Crippen LogP contribution in [0.25, 0.3) is 10.8 Å². The van der Waals surface area contributed by atoms with E-state index in [4.69, 9.17) is 40.5 Å². The number of hydrogen-bond acceptors (Lipinski definition) is 11. The molecule has 8 rings (SSSR count). The van der Waals surface area contributed by atoms with Gasteiger partial charge in [0, 0.05) is 48.8 Å². The van der Waals surface area contributed by atoms with Gasteiger partial charge in [0.2, 0.25) is 5.79 Å². The molecule has 13 nitrogen and oxygen atoms in total. The molecule has 3 aliphatic rings. The Hall–Kier alpha value is -6.32. The van der Waals surface area contributed by atoms with Gasteiger partial charge in [-0.05, 0) is 101 Å². The summed E-state index contributed by atoms with van der Waals surface area (Å²) in [5, 5.41) is 38.3. The number of oxime groups is 1. The number of allylic oxidation sites excluding steroid dienone is 1. The van der Waals surface area contributed by atoms with Crippen LogP contribution in [-0.2, 0) is 34.1 Å². The topological polar surface area (TPSA) is 162 Å². The number of nitro groups is 1. The maximum atomic E-state index is 14.9. The molecule has 1 saturated carbocycles. The second-order valence-electron chi connectivity index (χ2n) is 17.9. The van der Waals surface area contributed by atoms with E-state index in [2.05, 4.69) is 12.7 Å². The van der Waals surface area contributed by atoms with E-state index in [0.717, 1.165) is 40.3 Å². The average molecular weight is 977 g/mol. The fourth-order valence-electron chi connectivity index (χ4n) is 10.5. The Morgan fingerprint density at radius 3 is 2.44 bits per heavy atom. The van der Waals surface area contributed by atoms with Gasteiger partial charge in [-0.15, -0.1) is 18.2 Å². The molecule has 1 fully saturated rings. The second kappa shape index (κ2) is 23.5. The third-order valence-electron chi connectivity index (χ3n) is 13.7. The molecule has 1 aliphatic heterocycles. The summed E-state index contributed by atoms with van der Waals surface area (Å²) in [4.78, 5) is 33.7. The Labute approximate surface area is 412 Å². The number of amides is 1. The van der Waals surface area contributed by atoms with Crippen LogP contribution in [0, 0.1) is 33.7 Å². The lowest BCUT2D eigenvalue weighted by atomic mass is 9.55. The number of hydrogen-bond donors (Lipinski definition) is 2. The minimum atomic E-state index is -1.60. The summed E-state index contributed by atoms with van der Waals surface area (Å²) in [6.07, 6.45) is 7.42. The van der Waals surface area contributed by atoms with E-state index in [-0.39, 0.29) is 87.7 Å². The molecule has 0 bridgehead atoms. The number of nitrogens with zero attached hydrogens (tertiary/aromatic N) is 3. The Morgan fingerprint density at radius 1 is 0.943 bits per heavy atom. The fraction of sp³-hybridized carbons (Fsp3) is 0.382. The predicted octanol–water partition coefficient (Wildman–Crippen LogP) is 11.2. The quantitative estimate of drug-likeness (QED) is 0.0212. The first kappa shape index (κ1) is 50.1. The first-order chi connectivity index (χ1) is 34.2. The number of halogens is 2. The zero-order chi connectivity index (χ0) is 49.0. The molecule has 1 amide bonds. The first-order valence-electron chi connectivity index (χ1n) is 24.0. The van der Waals surface area contributed by atoms with E-state index in [0.29, 0.717) is 54.0 Å². The molecule has 2 aliphatic carbocycles. The van der Waals surface area contributed by atoms with Gasteiger partial charge >= 0.3 is 6.09 Å². The van der Waals surface area contributed by atoms with E-state index >= 15 is 0 Å². The Bertz CT molecular complexity index is 2680. The third-order valence-corrected chi connectivity index (χ3v) is 13.8. The van der Waals surface area contributed by atoms with Crippen molar-refractivity contribution in [2.75, 3.05) is 32.3 Å². The zero-order valence-electron chi connectivity index (χ0n) is 39.0. The molecule has 15 heteroatoms. The molecular formula is C55H59ClFN3O10. The highest BCUT2D eigenvalue weighted by Crippen LogP contribution is 2.62. The number of carbonyl (C=O) groups is 1. The molecule has 5 aromatic carbocycles. The maximum absolute atomic E-state index is 14.9. The van der Waals surface area contributed by atoms with Crippen LogP contribution >= 0.6 is 11.6 Å². The molecule has 0 saturated heterocycles. The van der Waals surface area contributed by atoms with Crippen LogP contribution in [0.2, 0.25) is 0 Å². The van der Waals surface area contributed by atoms with Crippen molar-refractivity contribution in [3.05, 3.63) is 172 Å². The number of non-ortho nitro benzene ring substituents is 1. The lowest BCUT2D eigenvalue weighted by Crippen LogP contribution is -2.70. The summed E-state index contributed by atoms with van der Waals surface area (Å²) >= 11 is 6.17. The highest BCUT2D eigenvalue weighted by Gasteiger charge is 2.65. The van der Waals surface area contributed by atoms with Crippen LogP contribution in [0.15, 0.2) is 139 Å². The summed E-state index contributed by atoms with van der Waals surface area (Å²) in [6.45, 7) is 4.16. The van der Waals surface area contributed by atoms with Gasteiger partial charge in [0.15, 0.2) is 0 Å². The number of nitro benzene ring substituents is 1. The number of unbranched alkanes of at least 4 members (excludes halogenated alkanes) is 2.